The van der Waals surface area contributed by atoms with Crippen LogP contribution in [0.25, 0.3) is 5.65 Å². The Hall–Kier alpha value is -0.940. The molecule has 0 radical (unpaired) electrons. The Morgan fingerprint density at radius 1 is 1.60 bits per heavy atom. The summed E-state index contributed by atoms with van der Waals surface area (Å²) in [6, 6.07) is 3.88. The van der Waals surface area contributed by atoms with E-state index in [0.29, 0.717) is 6.54 Å². The fourth-order valence-electron chi connectivity index (χ4n) is 1.50. The van der Waals surface area contributed by atoms with Crippen LogP contribution in [0.15, 0.2) is 22.8 Å². The van der Waals surface area contributed by atoms with Gasteiger partial charge in [-0.25, -0.2) is 9.50 Å². The topological polar surface area (TPSA) is 56.2 Å². The molecule has 0 amide bonds. The summed E-state index contributed by atoms with van der Waals surface area (Å²) in [5.41, 5.74) is 6.52. The smallest absolute Gasteiger partial charge is 0.156 e. The Labute approximate surface area is 96.6 Å². The zero-order valence-corrected chi connectivity index (χ0v) is 10.1. The van der Waals surface area contributed by atoms with Crippen molar-refractivity contribution in [2.24, 2.45) is 5.73 Å². The number of hydrogen-bond donors (Lipinski definition) is 1. The number of aromatic nitrogens is 3. The molecule has 0 aliphatic carbocycles. The van der Waals surface area contributed by atoms with Gasteiger partial charge in [-0.1, -0.05) is 22.9 Å². The molecule has 5 heteroatoms. The second kappa shape index (κ2) is 4.28. The van der Waals surface area contributed by atoms with Crippen LogP contribution in [0.2, 0.25) is 0 Å². The summed E-state index contributed by atoms with van der Waals surface area (Å²) < 4.78 is 2.79. The summed E-state index contributed by atoms with van der Waals surface area (Å²) >= 11 is 3.41. The highest BCUT2D eigenvalue weighted by Crippen LogP contribution is 2.17. The molecule has 0 aliphatic rings. The van der Waals surface area contributed by atoms with Crippen molar-refractivity contribution in [1.29, 1.82) is 0 Å². The van der Waals surface area contributed by atoms with Gasteiger partial charge in [0.1, 0.15) is 0 Å². The second-order valence-corrected chi connectivity index (χ2v) is 4.37. The van der Waals surface area contributed by atoms with Gasteiger partial charge >= 0.3 is 0 Å². The number of rotatable bonds is 3. The SMILES string of the molecule is CCC(CN)c1nc2cc(Br)ccn2n1. The molecule has 0 spiro atoms. The van der Waals surface area contributed by atoms with Gasteiger partial charge in [0.15, 0.2) is 11.5 Å². The number of hydrogen-bond acceptors (Lipinski definition) is 3. The van der Waals surface area contributed by atoms with Crippen LogP contribution in [-0.4, -0.2) is 21.1 Å². The van der Waals surface area contributed by atoms with Gasteiger partial charge in [-0.2, -0.15) is 5.10 Å². The van der Waals surface area contributed by atoms with E-state index in [1.54, 1.807) is 4.52 Å². The minimum atomic E-state index is 0.253. The summed E-state index contributed by atoms with van der Waals surface area (Å²) in [4.78, 5) is 4.46. The summed E-state index contributed by atoms with van der Waals surface area (Å²) in [6.45, 7) is 2.69. The summed E-state index contributed by atoms with van der Waals surface area (Å²) in [5, 5.41) is 4.40. The highest BCUT2D eigenvalue weighted by atomic mass is 79.9. The van der Waals surface area contributed by atoms with Crippen molar-refractivity contribution in [3.05, 3.63) is 28.6 Å². The van der Waals surface area contributed by atoms with Crippen LogP contribution in [0.4, 0.5) is 0 Å². The Balaban J connectivity index is 2.46. The van der Waals surface area contributed by atoms with Crippen molar-refractivity contribution in [3.63, 3.8) is 0 Å². The highest BCUT2D eigenvalue weighted by molar-refractivity contribution is 9.10. The minimum Gasteiger partial charge on any atom is -0.330 e. The van der Waals surface area contributed by atoms with Gasteiger partial charge in [-0.3, -0.25) is 0 Å². The minimum absolute atomic E-state index is 0.253. The molecule has 1 atom stereocenters. The van der Waals surface area contributed by atoms with Crippen molar-refractivity contribution in [2.75, 3.05) is 6.54 Å². The first-order chi connectivity index (χ1) is 7.24. The number of fused-ring (bicyclic) bond motifs is 1. The lowest BCUT2D eigenvalue weighted by Crippen LogP contribution is -2.13. The van der Waals surface area contributed by atoms with Crippen LogP contribution in [0, 0.1) is 0 Å². The first kappa shape index (κ1) is 10.6. The van der Waals surface area contributed by atoms with Gasteiger partial charge in [0.2, 0.25) is 0 Å². The van der Waals surface area contributed by atoms with Gasteiger partial charge in [-0.05, 0) is 18.6 Å². The van der Waals surface area contributed by atoms with Gasteiger partial charge in [-0.15, -0.1) is 0 Å². The molecule has 2 aromatic rings. The van der Waals surface area contributed by atoms with Gasteiger partial charge in [0.25, 0.3) is 0 Å². The number of nitrogens with two attached hydrogens (primary N) is 1. The van der Waals surface area contributed by atoms with E-state index in [1.807, 2.05) is 18.3 Å². The molecule has 0 aliphatic heterocycles. The first-order valence-electron chi connectivity index (χ1n) is 4.96. The molecular weight excluding hydrogens is 256 g/mol. The van der Waals surface area contributed by atoms with E-state index in [2.05, 4.69) is 32.9 Å². The lowest BCUT2D eigenvalue weighted by molar-refractivity contribution is 0.629. The maximum atomic E-state index is 5.67. The Bertz CT molecular complexity index is 461. The third-order valence-electron chi connectivity index (χ3n) is 2.46. The molecule has 80 valence electrons. The average Bonchev–Trinajstić information content (AvgIpc) is 2.62. The van der Waals surface area contributed by atoms with Gasteiger partial charge < -0.3 is 5.73 Å². The lowest BCUT2D eigenvalue weighted by atomic mass is 10.1. The summed E-state index contributed by atoms with van der Waals surface area (Å²) in [5.74, 6) is 1.08. The summed E-state index contributed by atoms with van der Waals surface area (Å²) in [6.07, 6.45) is 2.85. The van der Waals surface area contributed by atoms with E-state index in [-0.39, 0.29) is 5.92 Å². The molecule has 0 saturated carbocycles. The lowest BCUT2D eigenvalue weighted by Gasteiger charge is -2.05. The van der Waals surface area contributed by atoms with Gasteiger partial charge in [0, 0.05) is 23.1 Å². The van der Waals surface area contributed by atoms with Crippen molar-refractivity contribution in [3.8, 4) is 0 Å². The zero-order valence-electron chi connectivity index (χ0n) is 8.52. The monoisotopic (exact) mass is 268 g/mol. The maximum Gasteiger partial charge on any atom is 0.156 e. The molecule has 0 bridgehead atoms. The number of pyridine rings is 1. The Kier molecular flexibility index (Phi) is 3.02. The van der Waals surface area contributed by atoms with Gasteiger partial charge in [0.05, 0.1) is 0 Å². The van der Waals surface area contributed by atoms with Crippen LogP contribution in [-0.2, 0) is 0 Å². The normalized spacial score (nSPS) is 13.3. The Morgan fingerprint density at radius 2 is 2.40 bits per heavy atom. The summed E-state index contributed by atoms with van der Waals surface area (Å²) in [7, 11) is 0. The molecule has 2 heterocycles. The molecule has 0 saturated heterocycles. The zero-order chi connectivity index (χ0) is 10.8. The molecular formula is C10H13BrN4. The molecule has 0 aromatic carbocycles. The first-order valence-corrected chi connectivity index (χ1v) is 5.75. The second-order valence-electron chi connectivity index (χ2n) is 3.46. The van der Waals surface area contributed by atoms with Crippen molar-refractivity contribution >= 4 is 21.6 Å². The average molecular weight is 269 g/mol. The fourth-order valence-corrected chi connectivity index (χ4v) is 1.82. The third-order valence-corrected chi connectivity index (χ3v) is 2.95. The third kappa shape index (κ3) is 2.03. The molecule has 2 rings (SSSR count). The Morgan fingerprint density at radius 3 is 3.07 bits per heavy atom. The van der Waals surface area contributed by atoms with E-state index in [1.165, 1.54) is 0 Å². The van der Waals surface area contributed by atoms with E-state index in [0.717, 1.165) is 22.4 Å². The molecule has 0 fully saturated rings. The predicted octanol–water partition coefficient (Wildman–Crippen LogP) is 1.94. The molecule has 2 aromatic heterocycles. The molecule has 15 heavy (non-hydrogen) atoms. The van der Waals surface area contributed by atoms with Crippen LogP contribution in [0.5, 0.6) is 0 Å². The van der Waals surface area contributed by atoms with Crippen LogP contribution >= 0.6 is 15.9 Å². The van der Waals surface area contributed by atoms with Crippen molar-refractivity contribution in [1.82, 2.24) is 14.6 Å². The predicted molar refractivity (Wildman–Crippen MR) is 62.8 cm³/mol. The van der Waals surface area contributed by atoms with Crippen LogP contribution in [0.3, 0.4) is 0 Å². The van der Waals surface area contributed by atoms with E-state index >= 15 is 0 Å². The fraction of sp³-hybridized carbons (Fsp3) is 0.400. The molecule has 1 unspecified atom stereocenters. The van der Waals surface area contributed by atoms with E-state index in [9.17, 15) is 0 Å². The van der Waals surface area contributed by atoms with Crippen LogP contribution in [0.1, 0.15) is 25.1 Å². The van der Waals surface area contributed by atoms with E-state index < -0.39 is 0 Å². The largest absolute Gasteiger partial charge is 0.330 e. The highest BCUT2D eigenvalue weighted by Gasteiger charge is 2.13. The van der Waals surface area contributed by atoms with Crippen LogP contribution < -0.4 is 5.73 Å². The number of halogens is 1. The van der Waals surface area contributed by atoms with Crippen molar-refractivity contribution in [2.45, 2.75) is 19.3 Å². The molecule has 2 N–H and O–H groups in total. The van der Waals surface area contributed by atoms with E-state index in [4.69, 9.17) is 5.73 Å². The van der Waals surface area contributed by atoms with Crippen molar-refractivity contribution < 1.29 is 0 Å². The maximum absolute atomic E-state index is 5.67. The standard InChI is InChI=1S/C10H13BrN4/c1-2-7(6-12)10-13-9-5-8(11)3-4-15(9)14-10/h3-5,7H,2,6,12H2,1H3. The quantitative estimate of drug-likeness (QED) is 0.926. The molecule has 4 nitrogen and oxygen atoms in total. The number of nitrogens with zero attached hydrogens (tertiary/aromatic N) is 3.